The van der Waals surface area contributed by atoms with E-state index in [0.717, 1.165) is 51.4 Å². The summed E-state index contributed by atoms with van der Waals surface area (Å²) >= 11 is 0. The van der Waals surface area contributed by atoms with E-state index in [1.165, 1.54) is 26.4 Å². The Morgan fingerprint density at radius 1 is 1.09 bits per heavy atom. The second-order valence-corrected chi connectivity index (χ2v) is 6.37. The highest BCUT2D eigenvalue weighted by atomic mass is 16.6. The molecule has 1 saturated heterocycles. The lowest BCUT2D eigenvalue weighted by Crippen LogP contribution is -2.07. The Morgan fingerprint density at radius 2 is 1.77 bits per heavy atom. The van der Waals surface area contributed by atoms with Gasteiger partial charge in [-0.25, -0.2) is 0 Å². The van der Waals surface area contributed by atoms with E-state index < -0.39 is 0 Å². The van der Waals surface area contributed by atoms with Crippen LogP contribution in [-0.2, 0) is 19.1 Å². The Balaban J connectivity index is 1.95. The second-order valence-electron chi connectivity index (χ2n) is 6.37. The fraction of sp³-hybridized carbons (Fsp3) is 0.889. The van der Waals surface area contributed by atoms with E-state index in [-0.39, 0.29) is 24.0 Å². The molecule has 0 N–H and O–H groups in total. The minimum atomic E-state index is -0.110. The fourth-order valence-corrected chi connectivity index (χ4v) is 3.04. The van der Waals surface area contributed by atoms with Crippen molar-refractivity contribution in [3.05, 3.63) is 0 Å². The Morgan fingerprint density at radius 3 is 2.45 bits per heavy atom. The molecule has 0 radical (unpaired) electrons. The molecular formula is C18H32O4. The first kappa shape index (κ1) is 19.0. The third kappa shape index (κ3) is 7.81. The number of unbranched alkanes of at least 4 members (excludes halogenated alkanes) is 6. The van der Waals surface area contributed by atoms with Crippen LogP contribution in [0.2, 0.25) is 0 Å². The molecule has 2 atom stereocenters. The van der Waals surface area contributed by atoms with Crippen LogP contribution in [0.5, 0.6) is 0 Å². The zero-order valence-corrected chi connectivity index (χ0v) is 14.3. The van der Waals surface area contributed by atoms with E-state index in [4.69, 9.17) is 4.74 Å². The molecule has 1 fully saturated rings. The molecule has 0 saturated carbocycles. The molecule has 0 aromatic carbocycles. The van der Waals surface area contributed by atoms with Gasteiger partial charge in [0.2, 0.25) is 0 Å². The normalized spacial score (nSPS) is 20.9. The lowest BCUT2D eigenvalue weighted by Gasteiger charge is -2.08. The maximum Gasteiger partial charge on any atom is 0.309 e. The standard InChI is InChI=1S/C18H32O4/c1-3-4-11-15-14-16(22-18(15)20)12-9-7-5-6-8-10-13-17(19)21-2/h15-16H,3-14H2,1-2H3/t15-,16+/m0/s1. The van der Waals surface area contributed by atoms with Crippen LogP contribution in [0.25, 0.3) is 0 Å². The first-order valence-corrected chi connectivity index (χ1v) is 8.94. The zero-order chi connectivity index (χ0) is 16.2. The summed E-state index contributed by atoms with van der Waals surface area (Å²) in [6, 6.07) is 0. The van der Waals surface area contributed by atoms with E-state index in [9.17, 15) is 9.59 Å². The average Bonchev–Trinajstić information content (AvgIpc) is 2.87. The number of carbonyl (C=O) groups is 2. The summed E-state index contributed by atoms with van der Waals surface area (Å²) in [6.45, 7) is 2.16. The predicted molar refractivity (Wildman–Crippen MR) is 86.5 cm³/mol. The van der Waals surface area contributed by atoms with Gasteiger partial charge in [-0.05, 0) is 32.1 Å². The van der Waals surface area contributed by atoms with Crippen LogP contribution in [0.4, 0.5) is 0 Å². The molecule has 0 aromatic heterocycles. The van der Waals surface area contributed by atoms with Crippen molar-refractivity contribution in [2.24, 2.45) is 5.92 Å². The first-order valence-electron chi connectivity index (χ1n) is 8.94. The van der Waals surface area contributed by atoms with Gasteiger partial charge in [0.05, 0.1) is 13.0 Å². The molecule has 0 spiro atoms. The van der Waals surface area contributed by atoms with E-state index in [2.05, 4.69) is 11.7 Å². The van der Waals surface area contributed by atoms with Gasteiger partial charge >= 0.3 is 11.9 Å². The van der Waals surface area contributed by atoms with Crippen LogP contribution in [0.15, 0.2) is 0 Å². The summed E-state index contributed by atoms with van der Waals surface area (Å²) < 4.78 is 10.1. The summed E-state index contributed by atoms with van der Waals surface area (Å²) in [5.41, 5.74) is 0. The SMILES string of the molecule is CCCC[C@H]1C[C@@H](CCCCCCCCC(=O)OC)OC1=O. The smallest absolute Gasteiger partial charge is 0.309 e. The molecule has 4 nitrogen and oxygen atoms in total. The van der Waals surface area contributed by atoms with Crippen LogP contribution in [0.3, 0.4) is 0 Å². The van der Waals surface area contributed by atoms with Crippen molar-refractivity contribution in [2.45, 2.75) is 90.1 Å². The lowest BCUT2D eigenvalue weighted by molar-refractivity contribution is -0.144. The molecule has 0 amide bonds. The fourth-order valence-electron chi connectivity index (χ4n) is 3.04. The van der Waals surface area contributed by atoms with Gasteiger partial charge in [0.1, 0.15) is 6.10 Å². The Labute approximate surface area is 134 Å². The van der Waals surface area contributed by atoms with Gasteiger partial charge in [-0.1, -0.05) is 45.4 Å². The van der Waals surface area contributed by atoms with Crippen LogP contribution in [0.1, 0.15) is 84.0 Å². The van der Waals surface area contributed by atoms with Crippen molar-refractivity contribution in [1.29, 1.82) is 0 Å². The van der Waals surface area contributed by atoms with Crippen molar-refractivity contribution in [2.75, 3.05) is 7.11 Å². The van der Waals surface area contributed by atoms with Gasteiger partial charge in [-0.2, -0.15) is 0 Å². The number of methoxy groups -OCH3 is 1. The Kier molecular flexibility index (Phi) is 9.93. The Hall–Kier alpha value is -1.06. The molecular weight excluding hydrogens is 280 g/mol. The highest BCUT2D eigenvalue weighted by Gasteiger charge is 2.33. The minimum absolute atomic E-state index is 0.0289. The van der Waals surface area contributed by atoms with E-state index in [1.807, 2.05) is 0 Å². The number of ether oxygens (including phenoxy) is 2. The molecule has 1 rings (SSSR count). The van der Waals surface area contributed by atoms with Gasteiger partial charge in [0.15, 0.2) is 0 Å². The third-order valence-electron chi connectivity index (χ3n) is 4.45. The predicted octanol–water partition coefficient (Wildman–Crippen LogP) is 4.40. The number of hydrogen-bond donors (Lipinski definition) is 0. The zero-order valence-electron chi connectivity index (χ0n) is 14.3. The average molecular weight is 312 g/mol. The number of hydrogen-bond acceptors (Lipinski definition) is 4. The van der Waals surface area contributed by atoms with Crippen LogP contribution in [0, 0.1) is 5.92 Å². The van der Waals surface area contributed by atoms with Crippen molar-refractivity contribution >= 4 is 11.9 Å². The summed E-state index contributed by atoms with van der Waals surface area (Å²) in [5, 5.41) is 0. The molecule has 0 unspecified atom stereocenters. The van der Waals surface area contributed by atoms with Crippen molar-refractivity contribution in [1.82, 2.24) is 0 Å². The Bertz CT molecular complexity index is 327. The molecule has 128 valence electrons. The summed E-state index contributed by atoms with van der Waals surface area (Å²) in [7, 11) is 1.44. The van der Waals surface area contributed by atoms with Crippen LogP contribution in [-0.4, -0.2) is 25.2 Å². The maximum absolute atomic E-state index is 11.7. The van der Waals surface area contributed by atoms with Gasteiger partial charge in [0, 0.05) is 6.42 Å². The largest absolute Gasteiger partial charge is 0.469 e. The topological polar surface area (TPSA) is 52.6 Å². The van der Waals surface area contributed by atoms with Crippen LogP contribution < -0.4 is 0 Å². The van der Waals surface area contributed by atoms with E-state index in [1.54, 1.807) is 0 Å². The molecule has 0 aromatic rings. The highest BCUT2D eigenvalue weighted by molar-refractivity contribution is 5.74. The van der Waals surface area contributed by atoms with Gasteiger partial charge in [0.25, 0.3) is 0 Å². The van der Waals surface area contributed by atoms with Crippen molar-refractivity contribution < 1.29 is 19.1 Å². The first-order chi connectivity index (χ1) is 10.7. The highest BCUT2D eigenvalue weighted by Crippen LogP contribution is 2.28. The lowest BCUT2D eigenvalue weighted by atomic mass is 9.96. The number of esters is 2. The summed E-state index contributed by atoms with van der Waals surface area (Å²) in [5.74, 6) is 0.0743. The molecule has 0 bridgehead atoms. The molecule has 0 aliphatic carbocycles. The monoisotopic (exact) mass is 312 g/mol. The molecule has 4 heteroatoms. The van der Waals surface area contributed by atoms with Gasteiger partial charge < -0.3 is 9.47 Å². The van der Waals surface area contributed by atoms with Crippen molar-refractivity contribution in [3.8, 4) is 0 Å². The molecule has 22 heavy (non-hydrogen) atoms. The molecule has 1 heterocycles. The number of rotatable bonds is 12. The van der Waals surface area contributed by atoms with E-state index in [0.29, 0.717) is 6.42 Å². The second kappa shape index (κ2) is 11.5. The summed E-state index contributed by atoms with van der Waals surface area (Å²) in [6.07, 6.45) is 12.6. The number of cyclic esters (lactones) is 1. The summed E-state index contributed by atoms with van der Waals surface area (Å²) in [4.78, 5) is 22.7. The minimum Gasteiger partial charge on any atom is -0.469 e. The van der Waals surface area contributed by atoms with Gasteiger partial charge in [-0.15, -0.1) is 0 Å². The quantitative estimate of drug-likeness (QED) is 0.396. The molecule has 1 aliphatic heterocycles. The third-order valence-corrected chi connectivity index (χ3v) is 4.45. The van der Waals surface area contributed by atoms with Gasteiger partial charge in [-0.3, -0.25) is 9.59 Å². The van der Waals surface area contributed by atoms with E-state index >= 15 is 0 Å². The maximum atomic E-state index is 11.7. The molecule has 1 aliphatic rings. The number of carbonyl (C=O) groups excluding carboxylic acids is 2. The van der Waals surface area contributed by atoms with Crippen LogP contribution >= 0.6 is 0 Å². The van der Waals surface area contributed by atoms with Crippen molar-refractivity contribution in [3.63, 3.8) is 0 Å².